The van der Waals surface area contributed by atoms with Crippen molar-refractivity contribution in [1.29, 1.82) is 0 Å². The Hall–Kier alpha value is -1.43. The first-order valence-corrected chi connectivity index (χ1v) is 6.97. The fourth-order valence-corrected chi connectivity index (χ4v) is 2.44. The van der Waals surface area contributed by atoms with Gasteiger partial charge >= 0.3 is 5.97 Å². The van der Waals surface area contributed by atoms with Crippen molar-refractivity contribution in [1.82, 2.24) is 15.0 Å². The van der Waals surface area contributed by atoms with Gasteiger partial charge in [-0.2, -0.15) is 0 Å². The van der Waals surface area contributed by atoms with E-state index in [-0.39, 0.29) is 5.69 Å². The summed E-state index contributed by atoms with van der Waals surface area (Å²) in [5.74, 6) is -0.363. The van der Waals surface area contributed by atoms with Crippen LogP contribution < -0.4 is 0 Å². The third-order valence-electron chi connectivity index (χ3n) is 3.55. The molecule has 0 unspecified atom stereocenters. The maximum absolute atomic E-state index is 10.6. The first kappa shape index (κ1) is 14.0. The number of carboxylic acids is 1. The maximum Gasteiger partial charge on any atom is 0.358 e. The quantitative estimate of drug-likeness (QED) is 0.629. The second kappa shape index (κ2) is 7.23. The summed E-state index contributed by atoms with van der Waals surface area (Å²) >= 11 is 0. The molecule has 1 aliphatic carbocycles. The van der Waals surface area contributed by atoms with E-state index in [4.69, 9.17) is 9.84 Å². The van der Waals surface area contributed by atoms with E-state index in [2.05, 4.69) is 10.3 Å². The lowest BCUT2D eigenvalue weighted by Gasteiger charge is -2.13. The van der Waals surface area contributed by atoms with Gasteiger partial charge in [0.25, 0.3) is 0 Å². The molecule has 1 aromatic heterocycles. The van der Waals surface area contributed by atoms with Gasteiger partial charge in [-0.25, -0.2) is 9.48 Å². The number of aromatic nitrogens is 3. The van der Waals surface area contributed by atoms with Crippen molar-refractivity contribution in [3.63, 3.8) is 0 Å². The zero-order valence-electron chi connectivity index (χ0n) is 11.1. The third kappa shape index (κ3) is 4.63. The molecule has 0 spiro atoms. The monoisotopic (exact) mass is 267 g/mol. The molecular weight excluding hydrogens is 246 g/mol. The Morgan fingerprint density at radius 1 is 1.37 bits per heavy atom. The van der Waals surface area contributed by atoms with E-state index in [0.717, 1.165) is 6.61 Å². The summed E-state index contributed by atoms with van der Waals surface area (Å²) in [4.78, 5) is 10.6. The molecule has 0 aromatic carbocycles. The Bertz CT molecular complexity index is 398. The van der Waals surface area contributed by atoms with E-state index in [9.17, 15) is 4.79 Å². The average molecular weight is 267 g/mol. The van der Waals surface area contributed by atoms with Gasteiger partial charge in [-0.1, -0.05) is 30.9 Å². The van der Waals surface area contributed by atoms with Crippen LogP contribution in [-0.2, 0) is 11.3 Å². The van der Waals surface area contributed by atoms with Crippen molar-refractivity contribution in [3.05, 3.63) is 11.9 Å². The van der Waals surface area contributed by atoms with Crippen LogP contribution in [0.5, 0.6) is 0 Å². The van der Waals surface area contributed by atoms with Crippen molar-refractivity contribution >= 4 is 5.97 Å². The first-order valence-electron chi connectivity index (χ1n) is 6.97. The van der Waals surface area contributed by atoms with Gasteiger partial charge in [-0.15, -0.1) is 5.10 Å². The van der Waals surface area contributed by atoms with Crippen molar-refractivity contribution in [2.75, 3.05) is 13.2 Å². The number of aromatic carboxylic acids is 1. The lowest BCUT2D eigenvalue weighted by molar-refractivity contribution is 0.0690. The van der Waals surface area contributed by atoms with Crippen LogP contribution in [-0.4, -0.2) is 39.3 Å². The molecule has 1 saturated carbocycles. The summed E-state index contributed by atoms with van der Waals surface area (Å²) in [6, 6.07) is 0. The number of carboxylic acid groups (broad SMARTS) is 1. The highest BCUT2D eigenvalue weighted by Crippen LogP contribution is 2.22. The molecular formula is C13H21N3O3. The number of carbonyl (C=O) groups is 1. The van der Waals surface area contributed by atoms with Crippen LogP contribution >= 0.6 is 0 Å². The minimum atomic E-state index is -1.05. The van der Waals surface area contributed by atoms with Crippen molar-refractivity contribution in [2.45, 2.75) is 45.1 Å². The summed E-state index contributed by atoms with van der Waals surface area (Å²) in [5.41, 5.74) is -0.0243. The fraction of sp³-hybridized carbons (Fsp3) is 0.769. The highest BCUT2D eigenvalue weighted by Gasteiger charge is 2.12. The summed E-state index contributed by atoms with van der Waals surface area (Å²) in [6.45, 7) is 1.91. The van der Waals surface area contributed by atoms with Gasteiger partial charge in [0.15, 0.2) is 5.69 Å². The lowest BCUT2D eigenvalue weighted by Crippen LogP contribution is -2.13. The van der Waals surface area contributed by atoms with E-state index in [1.54, 1.807) is 0 Å². The maximum atomic E-state index is 10.6. The molecule has 6 heteroatoms. The number of hydrogen-bond acceptors (Lipinski definition) is 4. The van der Waals surface area contributed by atoms with E-state index in [1.807, 2.05) is 0 Å². The van der Waals surface area contributed by atoms with Gasteiger partial charge in [0, 0.05) is 6.61 Å². The van der Waals surface area contributed by atoms with Crippen LogP contribution in [0.4, 0.5) is 0 Å². The molecule has 0 bridgehead atoms. The van der Waals surface area contributed by atoms with E-state index in [0.29, 0.717) is 19.1 Å². The number of rotatable bonds is 6. The molecule has 1 aliphatic rings. The van der Waals surface area contributed by atoms with E-state index in [1.165, 1.54) is 49.4 Å². The molecule has 1 heterocycles. The molecule has 0 amide bonds. The lowest BCUT2D eigenvalue weighted by atomic mass is 10.0. The molecule has 106 valence electrons. The Morgan fingerprint density at radius 3 is 2.74 bits per heavy atom. The molecule has 19 heavy (non-hydrogen) atoms. The van der Waals surface area contributed by atoms with Gasteiger partial charge in [0.1, 0.15) is 0 Å². The van der Waals surface area contributed by atoms with Crippen LogP contribution in [0.25, 0.3) is 0 Å². The van der Waals surface area contributed by atoms with Crippen LogP contribution in [0, 0.1) is 5.92 Å². The third-order valence-corrected chi connectivity index (χ3v) is 3.55. The second-order valence-electron chi connectivity index (χ2n) is 5.10. The molecule has 1 aromatic rings. The fourth-order valence-electron chi connectivity index (χ4n) is 2.44. The summed E-state index contributed by atoms with van der Waals surface area (Å²) in [7, 11) is 0. The first-order chi connectivity index (χ1) is 9.25. The van der Waals surface area contributed by atoms with Gasteiger partial charge in [0.05, 0.1) is 19.3 Å². The molecule has 6 nitrogen and oxygen atoms in total. The number of hydrogen-bond donors (Lipinski definition) is 1. The van der Waals surface area contributed by atoms with Crippen LogP contribution in [0.15, 0.2) is 6.20 Å². The van der Waals surface area contributed by atoms with Gasteiger partial charge in [-0.3, -0.25) is 0 Å². The minimum absolute atomic E-state index is 0.0243. The van der Waals surface area contributed by atoms with E-state index < -0.39 is 5.97 Å². The number of ether oxygens (including phenoxy) is 1. The summed E-state index contributed by atoms with van der Waals surface area (Å²) in [6.07, 6.45) is 9.31. The topological polar surface area (TPSA) is 77.2 Å². The Labute approximate surface area is 112 Å². The zero-order valence-corrected chi connectivity index (χ0v) is 11.1. The second-order valence-corrected chi connectivity index (χ2v) is 5.10. The van der Waals surface area contributed by atoms with E-state index >= 15 is 0 Å². The highest BCUT2D eigenvalue weighted by atomic mass is 16.5. The molecule has 0 aliphatic heterocycles. The van der Waals surface area contributed by atoms with Crippen molar-refractivity contribution in [3.8, 4) is 0 Å². The Morgan fingerprint density at radius 2 is 2.11 bits per heavy atom. The molecule has 1 N–H and O–H groups in total. The van der Waals surface area contributed by atoms with Crippen LogP contribution in [0.1, 0.15) is 49.0 Å². The summed E-state index contributed by atoms with van der Waals surface area (Å²) in [5, 5.41) is 16.0. The average Bonchev–Trinajstić information content (AvgIpc) is 2.72. The zero-order chi connectivity index (χ0) is 13.5. The number of nitrogens with zero attached hydrogens (tertiary/aromatic N) is 3. The van der Waals surface area contributed by atoms with Crippen LogP contribution in [0.2, 0.25) is 0 Å². The smallest absolute Gasteiger partial charge is 0.358 e. The summed E-state index contributed by atoms with van der Waals surface area (Å²) < 4.78 is 7.18. The molecule has 0 atom stereocenters. The Kier molecular flexibility index (Phi) is 5.32. The van der Waals surface area contributed by atoms with Gasteiger partial charge < -0.3 is 9.84 Å². The molecule has 2 rings (SSSR count). The molecule has 0 radical (unpaired) electrons. The predicted molar refractivity (Wildman–Crippen MR) is 69.0 cm³/mol. The molecule has 0 saturated heterocycles. The minimum Gasteiger partial charge on any atom is -0.476 e. The molecule has 1 fully saturated rings. The largest absolute Gasteiger partial charge is 0.476 e. The van der Waals surface area contributed by atoms with Crippen molar-refractivity contribution < 1.29 is 14.6 Å². The highest BCUT2D eigenvalue weighted by molar-refractivity contribution is 5.84. The predicted octanol–water partition coefficient (Wildman–Crippen LogP) is 1.96. The normalized spacial score (nSPS) is 17.3. The van der Waals surface area contributed by atoms with Gasteiger partial charge in [-0.05, 0) is 18.8 Å². The van der Waals surface area contributed by atoms with Gasteiger partial charge in [0.2, 0.25) is 0 Å². The Balaban J connectivity index is 1.64. The SMILES string of the molecule is O=C(O)c1cn(CCOCC2CCCCCC2)nn1. The van der Waals surface area contributed by atoms with Crippen molar-refractivity contribution in [2.24, 2.45) is 5.92 Å². The standard InChI is InChI=1S/C13H21N3O3/c17-13(18)12-9-16(15-14-12)7-8-19-10-11-5-3-1-2-4-6-11/h9,11H,1-8,10H2,(H,17,18). The van der Waals surface area contributed by atoms with Crippen LogP contribution in [0.3, 0.4) is 0 Å².